The minimum Gasteiger partial charge on any atom is -0.391 e. The maximum atomic E-state index is 13.4. The Bertz CT molecular complexity index is 572. The van der Waals surface area contributed by atoms with Gasteiger partial charge in [0.1, 0.15) is 11.4 Å². The number of hydrogen-bond donors (Lipinski definition) is 2. The zero-order valence-electron chi connectivity index (χ0n) is 14.2. The normalized spacial score (nSPS) is 36.1. The van der Waals surface area contributed by atoms with Gasteiger partial charge in [-0.05, 0) is 43.5 Å². The molecule has 1 saturated carbocycles. The van der Waals surface area contributed by atoms with Gasteiger partial charge in [-0.15, -0.1) is 0 Å². The first-order chi connectivity index (χ1) is 11.4. The summed E-state index contributed by atoms with van der Waals surface area (Å²) in [7, 11) is 3.48. The molecule has 6 heteroatoms. The molecule has 5 atom stereocenters. The fourth-order valence-corrected chi connectivity index (χ4v) is 4.34. The van der Waals surface area contributed by atoms with Crippen molar-refractivity contribution in [2.24, 2.45) is 5.92 Å². The molecule has 1 aliphatic carbocycles. The van der Waals surface area contributed by atoms with Gasteiger partial charge >= 0.3 is 0 Å². The molecule has 1 saturated heterocycles. The van der Waals surface area contributed by atoms with Crippen LogP contribution in [0, 0.1) is 11.7 Å². The highest BCUT2D eigenvalue weighted by Gasteiger charge is 2.57. The second kappa shape index (κ2) is 7.06. The van der Waals surface area contributed by atoms with Crippen LogP contribution in [0.1, 0.15) is 18.4 Å². The third kappa shape index (κ3) is 3.34. The van der Waals surface area contributed by atoms with Crippen molar-refractivity contribution < 1.29 is 24.1 Å². The number of aliphatic hydroxyl groups is 2. The molecule has 0 spiro atoms. The fourth-order valence-electron chi connectivity index (χ4n) is 4.34. The molecule has 0 amide bonds. The lowest BCUT2D eigenvalue weighted by Crippen LogP contribution is -2.59. The van der Waals surface area contributed by atoms with Gasteiger partial charge in [-0.25, -0.2) is 4.39 Å². The van der Waals surface area contributed by atoms with E-state index >= 15 is 0 Å². The third-order valence-electron chi connectivity index (χ3n) is 5.36. The molecule has 134 valence electrons. The highest BCUT2D eigenvalue weighted by molar-refractivity contribution is 5.17. The molecule has 1 aromatic carbocycles. The third-order valence-corrected chi connectivity index (χ3v) is 5.36. The SMILES string of the molecule is COC[C@H]1C[C@H]2C[C@@H](O)[C@H](N(C)Cc3cccc(F)c3)[C@]2(O)CO1. The average molecular weight is 339 g/mol. The van der Waals surface area contributed by atoms with Crippen molar-refractivity contribution in [1.82, 2.24) is 4.90 Å². The van der Waals surface area contributed by atoms with Crippen LogP contribution in [0.5, 0.6) is 0 Å². The van der Waals surface area contributed by atoms with Gasteiger partial charge in [0, 0.05) is 13.7 Å². The maximum Gasteiger partial charge on any atom is 0.123 e. The van der Waals surface area contributed by atoms with Crippen molar-refractivity contribution in [2.45, 2.75) is 43.2 Å². The quantitative estimate of drug-likeness (QED) is 0.843. The molecule has 2 aliphatic rings. The van der Waals surface area contributed by atoms with Crippen LogP contribution in [-0.4, -0.2) is 66.3 Å². The van der Waals surface area contributed by atoms with E-state index in [4.69, 9.17) is 9.47 Å². The number of fused-ring (bicyclic) bond motifs is 1. The van der Waals surface area contributed by atoms with Crippen molar-refractivity contribution >= 4 is 0 Å². The highest BCUT2D eigenvalue weighted by atomic mass is 19.1. The smallest absolute Gasteiger partial charge is 0.123 e. The fraction of sp³-hybridized carbons (Fsp3) is 0.667. The summed E-state index contributed by atoms with van der Waals surface area (Å²) in [5.74, 6) is -0.311. The Morgan fingerprint density at radius 2 is 2.21 bits per heavy atom. The zero-order chi connectivity index (χ0) is 17.3. The Morgan fingerprint density at radius 1 is 1.42 bits per heavy atom. The summed E-state index contributed by atoms with van der Waals surface area (Å²) >= 11 is 0. The number of methoxy groups -OCH3 is 1. The Kier molecular flexibility index (Phi) is 5.22. The van der Waals surface area contributed by atoms with Gasteiger partial charge in [-0.1, -0.05) is 12.1 Å². The number of likely N-dealkylation sites (N-methyl/N-ethyl adjacent to an activating group) is 1. The summed E-state index contributed by atoms with van der Waals surface area (Å²) in [4.78, 5) is 1.90. The number of hydrogen-bond acceptors (Lipinski definition) is 5. The monoisotopic (exact) mass is 339 g/mol. The van der Waals surface area contributed by atoms with E-state index in [9.17, 15) is 14.6 Å². The predicted molar refractivity (Wildman–Crippen MR) is 87.0 cm³/mol. The second-order valence-electron chi connectivity index (χ2n) is 7.11. The summed E-state index contributed by atoms with van der Waals surface area (Å²) < 4.78 is 24.3. The molecule has 1 aliphatic heterocycles. The van der Waals surface area contributed by atoms with E-state index in [-0.39, 0.29) is 24.4 Å². The van der Waals surface area contributed by atoms with E-state index in [1.54, 1.807) is 13.2 Å². The summed E-state index contributed by atoms with van der Waals surface area (Å²) in [5, 5.41) is 21.7. The second-order valence-corrected chi connectivity index (χ2v) is 7.11. The number of nitrogens with zero attached hydrogens (tertiary/aromatic N) is 1. The van der Waals surface area contributed by atoms with Crippen LogP contribution in [-0.2, 0) is 16.0 Å². The summed E-state index contributed by atoms with van der Waals surface area (Å²) in [6.45, 7) is 1.13. The number of halogens is 1. The van der Waals surface area contributed by atoms with Crippen LogP contribution in [0.25, 0.3) is 0 Å². The zero-order valence-corrected chi connectivity index (χ0v) is 14.2. The first kappa shape index (κ1) is 17.8. The standard InChI is InChI=1S/C18H26FNO4/c1-20(9-12-4-3-5-14(19)6-12)17-16(21)8-13-7-15(10-23-2)24-11-18(13,17)22/h3-6,13,15-17,21-22H,7-11H2,1-2H3/t13-,15+,16+,17-,18-/m0/s1. The van der Waals surface area contributed by atoms with Crippen LogP contribution < -0.4 is 0 Å². The summed E-state index contributed by atoms with van der Waals surface area (Å²) in [5.41, 5.74) is -0.281. The van der Waals surface area contributed by atoms with Crippen LogP contribution in [0.3, 0.4) is 0 Å². The maximum absolute atomic E-state index is 13.4. The van der Waals surface area contributed by atoms with Crippen LogP contribution >= 0.6 is 0 Å². The van der Waals surface area contributed by atoms with E-state index in [0.29, 0.717) is 26.0 Å². The lowest BCUT2D eigenvalue weighted by molar-refractivity contribution is -0.178. The summed E-state index contributed by atoms with van der Waals surface area (Å²) in [6, 6.07) is 5.96. The van der Waals surface area contributed by atoms with Crippen molar-refractivity contribution in [1.29, 1.82) is 0 Å². The lowest BCUT2D eigenvalue weighted by atomic mass is 9.82. The minimum atomic E-state index is -1.09. The Morgan fingerprint density at radius 3 is 2.92 bits per heavy atom. The van der Waals surface area contributed by atoms with Gasteiger partial charge < -0.3 is 19.7 Å². The van der Waals surface area contributed by atoms with Crippen LogP contribution in [0.15, 0.2) is 24.3 Å². The molecule has 0 unspecified atom stereocenters. The molecule has 2 N–H and O–H groups in total. The Balaban J connectivity index is 1.73. The van der Waals surface area contributed by atoms with E-state index in [1.165, 1.54) is 12.1 Å². The van der Waals surface area contributed by atoms with Crippen molar-refractivity contribution in [3.8, 4) is 0 Å². The Hall–Kier alpha value is -1.05. The van der Waals surface area contributed by atoms with Crippen molar-refractivity contribution in [3.05, 3.63) is 35.6 Å². The predicted octanol–water partition coefficient (Wildman–Crippen LogP) is 1.17. The molecule has 1 aromatic rings. The van der Waals surface area contributed by atoms with E-state index in [0.717, 1.165) is 5.56 Å². The molecule has 2 fully saturated rings. The number of benzene rings is 1. The van der Waals surface area contributed by atoms with Crippen molar-refractivity contribution in [2.75, 3.05) is 27.4 Å². The van der Waals surface area contributed by atoms with Gasteiger partial charge in [0.2, 0.25) is 0 Å². The van der Waals surface area contributed by atoms with Crippen molar-refractivity contribution in [3.63, 3.8) is 0 Å². The number of ether oxygens (including phenoxy) is 2. The lowest BCUT2D eigenvalue weighted by Gasteiger charge is -2.44. The van der Waals surface area contributed by atoms with Crippen LogP contribution in [0.2, 0.25) is 0 Å². The topological polar surface area (TPSA) is 62.2 Å². The molecule has 24 heavy (non-hydrogen) atoms. The molecule has 5 nitrogen and oxygen atoms in total. The number of aliphatic hydroxyl groups excluding tert-OH is 1. The van der Waals surface area contributed by atoms with Gasteiger partial charge in [-0.3, -0.25) is 4.90 Å². The molecule has 0 bridgehead atoms. The van der Waals surface area contributed by atoms with Gasteiger partial charge in [-0.2, -0.15) is 0 Å². The van der Waals surface area contributed by atoms with E-state index in [2.05, 4.69) is 0 Å². The molecule has 1 heterocycles. The highest BCUT2D eigenvalue weighted by Crippen LogP contribution is 2.45. The molecule has 0 aromatic heterocycles. The van der Waals surface area contributed by atoms with Gasteiger partial charge in [0.15, 0.2) is 0 Å². The molecular formula is C18H26FNO4. The van der Waals surface area contributed by atoms with Gasteiger partial charge in [0.05, 0.1) is 31.5 Å². The molecule has 0 radical (unpaired) electrons. The molecular weight excluding hydrogens is 313 g/mol. The Labute approximate surface area is 142 Å². The first-order valence-corrected chi connectivity index (χ1v) is 8.39. The first-order valence-electron chi connectivity index (χ1n) is 8.39. The van der Waals surface area contributed by atoms with E-state index < -0.39 is 17.7 Å². The number of rotatable bonds is 5. The van der Waals surface area contributed by atoms with E-state index in [1.807, 2.05) is 18.0 Å². The van der Waals surface area contributed by atoms with Crippen LogP contribution in [0.4, 0.5) is 4.39 Å². The largest absolute Gasteiger partial charge is 0.391 e. The summed E-state index contributed by atoms with van der Waals surface area (Å²) in [6.07, 6.45) is 0.535. The average Bonchev–Trinajstić information content (AvgIpc) is 2.77. The molecule has 3 rings (SSSR count). The van der Waals surface area contributed by atoms with Gasteiger partial charge in [0.25, 0.3) is 0 Å². The minimum absolute atomic E-state index is 0.0265.